The van der Waals surface area contributed by atoms with Crippen molar-refractivity contribution in [2.75, 3.05) is 43.9 Å². The van der Waals surface area contributed by atoms with Crippen LogP contribution in [0.1, 0.15) is 19.8 Å². The minimum atomic E-state index is -0.193. The molecule has 1 unspecified atom stereocenters. The van der Waals surface area contributed by atoms with E-state index in [-0.39, 0.29) is 23.8 Å². The molecule has 8 nitrogen and oxygen atoms in total. The van der Waals surface area contributed by atoms with Crippen molar-refractivity contribution in [3.63, 3.8) is 0 Å². The number of likely N-dealkylation sites (N-methyl/N-ethyl adjacent to an activating group) is 1. The van der Waals surface area contributed by atoms with Gasteiger partial charge in [0, 0.05) is 55.4 Å². The van der Waals surface area contributed by atoms with Crippen molar-refractivity contribution in [1.29, 1.82) is 0 Å². The molecule has 0 bridgehead atoms. The molecule has 3 N–H and O–H groups in total. The summed E-state index contributed by atoms with van der Waals surface area (Å²) in [4.78, 5) is 37.2. The molecule has 0 radical (unpaired) electrons. The Kier molecular flexibility index (Phi) is 5.86. The zero-order chi connectivity index (χ0) is 22.9. The number of rotatable bonds is 6. The van der Waals surface area contributed by atoms with Gasteiger partial charge in [-0.3, -0.25) is 14.5 Å². The van der Waals surface area contributed by atoms with Crippen molar-refractivity contribution in [3.8, 4) is 11.1 Å². The van der Waals surface area contributed by atoms with Crippen molar-refractivity contribution in [2.45, 2.75) is 25.8 Å². The lowest BCUT2D eigenvalue weighted by atomic mass is 10.1. The van der Waals surface area contributed by atoms with Gasteiger partial charge in [0.2, 0.25) is 11.8 Å². The molecule has 2 fully saturated rings. The van der Waals surface area contributed by atoms with Crippen LogP contribution in [0.5, 0.6) is 0 Å². The Morgan fingerprint density at radius 1 is 1.12 bits per heavy atom. The fraction of sp³-hybridized carbons (Fsp3) is 0.400. The van der Waals surface area contributed by atoms with E-state index >= 15 is 0 Å². The Morgan fingerprint density at radius 3 is 2.67 bits per heavy atom. The van der Waals surface area contributed by atoms with Crippen LogP contribution in [0.25, 0.3) is 22.0 Å². The van der Waals surface area contributed by atoms with Crippen LogP contribution < -0.4 is 10.6 Å². The molecule has 0 spiro atoms. The van der Waals surface area contributed by atoms with Crippen LogP contribution in [0.2, 0.25) is 0 Å². The number of pyridine rings is 1. The van der Waals surface area contributed by atoms with Crippen LogP contribution in [0.3, 0.4) is 0 Å². The summed E-state index contributed by atoms with van der Waals surface area (Å²) in [6.07, 6.45) is 5.55. The first-order valence-corrected chi connectivity index (χ1v) is 11.6. The van der Waals surface area contributed by atoms with Crippen molar-refractivity contribution in [1.82, 2.24) is 19.8 Å². The third kappa shape index (κ3) is 4.62. The number of carbonyl (C=O) groups excluding carboxylic acids is 2. The molecule has 2 aliphatic rings. The van der Waals surface area contributed by atoms with E-state index in [1.807, 2.05) is 43.5 Å². The van der Waals surface area contributed by atoms with Gasteiger partial charge in [0.15, 0.2) is 0 Å². The number of benzene rings is 1. The van der Waals surface area contributed by atoms with Gasteiger partial charge >= 0.3 is 0 Å². The minimum absolute atomic E-state index is 0.00260. The van der Waals surface area contributed by atoms with Gasteiger partial charge < -0.3 is 20.5 Å². The van der Waals surface area contributed by atoms with Gasteiger partial charge in [-0.25, -0.2) is 4.98 Å². The van der Waals surface area contributed by atoms with E-state index in [0.29, 0.717) is 5.82 Å². The number of piperazine rings is 1. The molecule has 3 aromatic rings. The molecule has 8 heteroatoms. The second-order valence-electron chi connectivity index (χ2n) is 9.13. The summed E-state index contributed by atoms with van der Waals surface area (Å²) in [5, 5.41) is 7.04. The topological polar surface area (TPSA) is 93.4 Å². The number of amides is 2. The molecule has 1 aliphatic heterocycles. The van der Waals surface area contributed by atoms with Crippen molar-refractivity contribution >= 4 is 34.2 Å². The molecule has 1 saturated heterocycles. The van der Waals surface area contributed by atoms with Crippen molar-refractivity contribution < 1.29 is 9.59 Å². The highest BCUT2D eigenvalue weighted by Crippen LogP contribution is 2.34. The maximum Gasteiger partial charge on any atom is 0.241 e. The van der Waals surface area contributed by atoms with Gasteiger partial charge in [-0.2, -0.15) is 0 Å². The number of para-hydroxylation sites is 1. The molecular weight excluding hydrogens is 416 g/mol. The zero-order valence-electron chi connectivity index (χ0n) is 19.1. The van der Waals surface area contributed by atoms with Gasteiger partial charge in [0.1, 0.15) is 5.82 Å². The molecule has 172 valence electrons. The van der Waals surface area contributed by atoms with Crippen LogP contribution in [0, 0.1) is 5.92 Å². The lowest BCUT2D eigenvalue weighted by Gasteiger charge is -2.35. The quantitative estimate of drug-likeness (QED) is 0.541. The Hall–Kier alpha value is -3.23. The summed E-state index contributed by atoms with van der Waals surface area (Å²) in [5.41, 5.74) is 3.60. The van der Waals surface area contributed by atoms with E-state index in [0.717, 1.165) is 66.7 Å². The number of hydrogen-bond donors (Lipinski definition) is 3. The standard InChI is InChI=1S/C25H30N6O2/c1-16(31-12-10-30(2)11-13-31)24(32)28-21-5-3-4-19-20(15-27-23(19)21)18-8-9-26-22(14-18)29-25(33)17-6-7-17/h3-5,8-9,14-17,27H,6-7,10-13H2,1-2H3,(H,28,32)(H,26,29,33). The van der Waals surface area contributed by atoms with E-state index in [2.05, 4.69) is 37.4 Å². The predicted molar refractivity (Wildman–Crippen MR) is 130 cm³/mol. The number of carbonyl (C=O) groups is 2. The summed E-state index contributed by atoms with van der Waals surface area (Å²) in [5.74, 6) is 0.724. The molecule has 1 atom stereocenters. The Labute approximate surface area is 193 Å². The summed E-state index contributed by atoms with van der Waals surface area (Å²) in [6, 6.07) is 9.53. The molecule has 1 aliphatic carbocycles. The maximum atomic E-state index is 13.0. The molecule has 33 heavy (non-hydrogen) atoms. The van der Waals surface area contributed by atoms with E-state index in [1.54, 1.807) is 6.20 Å². The minimum Gasteiger partial charge on any atom is -0.359 e. The molecule has 3 heterocycles. The smallest absolute Gasteiger partial charge is 0.241 e. The monoisotopic (exact) mass is 446 g/mol. The number of hydrogen-bond acceptors (Lipinski definition) is 5. The van der Waals surface area contributed by atoms with Crippen LogP contribution in [-0.2, 0) is 9.59 Å². The zero-order valence-corrected chi connectivity index (χ0v) is 19.1. The molecule has 1 aromatic carbocycles. The van der Waals surface area contributed by atoms with Crippen LogP contribution >= 0.6 is 0 Å². The average Bonchev–Trinajstić information content (AvgIpc) is 3.58. The Bertz CT molecular complexity index is 1180. The summed E-state index contributed by atoms with van der Waals surface area (Å²) >= 11 is 0. The molecular formula is C25H30N6O2. The SMILES string of the molecule is CC(C(=O)Nc1cccc2c(-c3ccnc(NC(=O)C4CC4)c3)c[nH]c12)N1CCN(C)CC1. The first-order chi connectivity index (χ1) is 16.0. The second-order valence-corrected chi connectivity index (χ2v) is 9.13. The number of nitrogens with zero attached hydrogens (tertiary/aromatic N) is 3. The lowest BCUT2D eigenvalue weighted by molar-refractivity contribution is -0.121. The molecule has 2 aromatic heterocycles. The van der Waals surface area contributed by atoms with Gasteiger partial charge in [-0.05, 0) is 50.6 Å². The van der Waals surface area contributed by atoms with Gasteiger partial charge in [-0.1, -0.05) is 12.1 Å². The van der Waals surface area contributed by atoms with E-state index in [1.165, 1.54) is 0 Å². The van der Waals surface area contributed by atoms with Gasteiger partial charge in [0.25, 0.3) is 0 Å². The van der Waals surface area contributed by atoms with E-state index in [9.17, 15) is 9.59 Å². The maximum absolute atomic E-state index is 13.0. The Morgan fingerprint density at radius 2 is 1.91 bits per heavy atom. The summed E-state index contributed by atoms with van der Waals surface area (Å²) in [6.45, 7) is 5.70. The fourth-order valence-electron chi connectivity index (χ4n) is 4.35. The molecule has 1 saturated carbocycles. The number of nitrogens with one attached hydrogen (secondary N) is 3. The predicted octanol–water partition coefficient (Wildman–Crippen LogP) is 3.15. The number of anilines is 2. The normalized spacial score (nSPS) is 18.2. The lowest BCUT2D eigenvalue weighted by Crippen LogP contribution is -2.51. The van der Waals surface area contributed by atoms with Gasteiger partial charge in [0.05, 0.1) is 17.2 Å². The summed E-state index contributed by atoms with van der Waals surface area (Å²) in [7, 11) is 2.11. The second kappa shape index (κ2) is 8.96. The fourth-order valence-corrected chi connectivity index (χ4v) is 4.35. The van der Waals surface area contributed by atoms with Crippen LogP contribution in [0.4, 0.5) is 11.5 Å². The van der Waals surface area contributed by atoms with Crippen molar-refractivity contribution in [3.05, 3.63) is 42.7 Å². The van der Waals surface area contributed by atoms with E-state index in [4.69, 9.17) is 0 Å². The molecule has 5 rings (SSSR count). The number of fused-ring (bicyclic) bond motifs is 1. The van der Waals surface area contributed by atoms with Crippen molar-refractivity contribution in [2.24, 2.45) is 5.92 Å². The highest BCUT2D eigenvalue weighted by molar-refractivity contribution is 6.07. The van der Waals surface area contributed by atoms with Crippen LogP contribution in [0.15, 0.2) is 42.7 Å². The van der Waals surface area contributed by atoms with Crippen LogP contribution in [-0.4, -0.2) is 70.9 Å². The highest BCUT2D eigenvalue weighted by atomic mass is 16.2. The largest absolute Gasteiger partial charge is 0.359 e. The third-order valence-corrected chi connectivity index (χ3v) is 6.71. The average molecular weight is 447 g/mol. The van der Waals surface area contributed by atoms with Gasteiger partial charge in [-0.15, -0.1) is 0 Å². The third-order valence-electron chi connectivity index (χ3n) is 6.71. The molecule has 2 amide bonds. The summed E-state index contributed by atoms with van der Waals surface area (Å²) < 4.78 is 0. The van der Waals surface area contributed by atoms with E-state index < -0.39 is 0 Å². The Balaban J connectivity index is 1.35. The number of aromatic amines is 1. The first-order valence-electron chi connectivity index (χ1n) is 11.6. The first kappa shape index (κ1) is 21.6. The number of H-pyrrole nitrogens is 1. The highest BCUT2D eigenvalue weighted by Gasteiger charge is 2.30. The number of aromatic nitrogens is 2.